The molecular weight excluding hydrogens is 290 g/mol. The Morgan fingerprint density at radius 2 is 2.00 bits per heavy atom. The Kier molecular flexibility index (Phi) is 4.38. The lowest BCUT2D eigenvalue weighted by Crippen LogP contribution is -2.19. The fraction of sp³-hybridized carbons (Fsp3) is 0.111. The molecule has 1 heterocycles. The Balaban J connectivity index is 1.59. The number of methoxy groups -OCH3 is 1. The number of ether oxygens (including phenoxy) is 1. The Labute approximate surface area is 134 Å². The lowest BCUT2D eigenvalue weighted by molar-refractivity contribution is -0.120. The van der Waals surface area contributed by atoms with Crippen LogP contribution in [-0.4, -0.2) is 24.2 Å². The van der Waals surface area contributed by atoms with Gasteiger partial charge in [-0.1, -0.05) is 18.2 Å². The summed E-state index contributed by atoms with van der Waals surface area (Å²) in [6.07, 6.45) is 3.74. The maximum absolute atomic E-state index is 12.0. The largest absolute Gasteiger partial charge is 0.497 e. The van der Waals surface area contributed by atoms with Crippen LogP contribution in [0.1, 0.15) is 11.1 Å². The van der Waals surface area contributed by atoms with E-state index in [-0.39, 0.29) is 12.3 Å². The number of hydrogen-bond acceptors (Lipinski definition) is 3. The molecule has 2 aromatic carbocycles. The number of hydrogen-bond donors (Lipinski definition) is 2. The van der Waals surface area contributed by atoms with Crippen LogP contribution in [0.25, 0.3) is 10.9 Å². The first kappa shape index (κ1) is 14.8. The zero-order valence-corrected chi connectivity index (χ0v) is 12.7. The van der Waals surface area contributed by atoms with E-state index in [1.807, 2.05) is 54.7 Å². The van der Waals surface area contributed by atoms with E-state index in [0.717, 1.165) is 27.8 Å². The van der Waals surface area contributed by atoms with Crippen LogP contribution in [0.2, 0.25) is 0 Å². The smallest absolute Gasteiger partial charge is 0.244 e. The Morgan fingerprint density at radius 3 is 2.78 bits per heavy atom. The highest BCUT2D eigenvalue weighted by Gasteiger charge is 2.07. The fourth-order valence-electron chi connectivity index (χ4n) is 2.36. The molecule has 0 atom stereocenters. The van der Waals surface area contributed by atoms with Gasteiger partial charge in [-0.15, -0.1) is 0 Å². The number of aromatic nitrogens is 1. The van der Waals surface area contributed by atoms with Gasteiger partial charge >= 0.3 is 0 Å². The molecule has 3 aromatic rings. The van der Waals surface area contributed by atoms with Gasteiger partial charge in [-0.25, -0.2) is 5.43 Å². The molecule has 0 aliphatic carbocycles. The fourth-order valence-corrected chi connectivity index (χ4v) is 2.36. The molecule has 0 saturated heterocycles. The van der Waals surface area contributed by atoms with E-state index in [9.17, 15) is 4.79 Å². The Morgan fingerprint density at radius 1 is 1.22 bits per heavy atom. The summed E-state index contributed by atoms with van der Waals surface area (Å²) in [6.45, 7) is 0. The number of amides is 1. The van der Waals surface area contributed by atoms with Crippen molar-refractivity contribution in [1.82, 2.24) is 10.4 Å². The monoisotopic (exact) mass is 307 g/mol. The molecular formula is C18H17N3O2. The predicted molar refractivity (Wildman–Crippen MR) is 90.7 cm³/mol. The molecule has 116 valence electrons. The van der Waals surface area contributed by atoms with Crippen LogP contribution in [0.3, 0.4) is 0 Å². The van der Waals surface area contributed by atoms with Gasteiger partial charge in [-0.2, -0.15) is 5.10 Å². The summed E-state index contributed by atoms with van der Waals surface area (Å²) in [5, 5.41) is 5.04. The Bertz CT molecular complexity index is 835. The van der Waals surface area contributed by atoms with Gasteiger partial charge in [0.1, 0.15) is 5.75 Å². The second kappa shape index (κ2) is 6.79. The summed E-state index contributed by atoms with van der Waals surface area (Å²) in [6, 6.07) is 15.3. The van der Waals surface area contributed by atoms with Crippen molar-refractivity contribution in [3.05, 3.63) is 65.9 Å². The molecule has 5 heteroatoms. The molecule has 1 aromatic heterocycles. The first-order valence-electron chi connectivity index (χ1n) is 7.27. The van der Waals surface area contributed by atoms with Crippen LogP contribution < -0.4 is 10.2 Å². The molecule has 1 amide bonds. The minimum absolute atomic E-state index is 0.153. The second-order valence-corrected chi connectivity index (χ2v) is 5.10. The molecule has 0 radical (unpaired) electrons. The normalized spacial score (nSPS) is 11.0. The highest BCUT2D eigenvalue weighted by atomic mass is 16.5. The third-order valence-electron chi connectivity index (χ3n) is 3.54. The number of nitrogens with one attached hydrogen (secondary N) is 2. The molecule has 3 rings (SSSR count). The number of fused-ring (bicyclic) bond motifs is 1. The van der Waals surface area contributed by atoms with Crippen molar-refractivity contribution < 1.29 is 9.53 Å². The molecule has 0 spiro atoms. The summed E-state index contributed by atoms with van der Waals surface area (Å²) >= 11 is 0. The van der Waals surface area contributed by atoms with E-state index in [1.165, 1.54) is 0 Å². The van der Waals surface area contributed by atoms with Gasteiger partial charge in [0.25, 0.3) is 0 Å². The minimum Gasteiger partial charge on any atom is -0.497 e. The number of aromatic amines is 1. The lowest BCUT2D eigenvalue weighted by atomic mass is 10.1. The molecule has 23 heavy (non-hydrogen) atoms. The van der Waals surface area contributed by atoms with Crippen molar-refractivity contribution in [1.29, 1.82) is 0 Å². The van der Waals surface area contributed by atoms with Gasteiger partial charge in [-0.05, 0) is 41.5 Å². The van der Waals surface area contributed by atoms with E-state index in [0.29, 0.717) is 0 Å². The topological polar surface area (TPSA) is 66.5 Å². The molecule has 0 aliphatic rings. The average Bonchev–Trinajstić information content (AvgIpc) is 2.99. The Hall–Kier alpha value is -3.08. The molecule has 5 nitrogen and oxygen atoms in total. The van der Waals surface area contributed by atoms with E-state index in [2.05, 4.69) is 15.5 Å². The van der Waals surface area contributed by atoms with E-state index >= 15 is 0 Å². The number of rotatable bonds is 5. The van der Waals surface area contributed by atoms with Crippen LogP contribution in [0.5, 0.6) is 5.75 Å². The summed E-state index contributed by atoms with van der Waals surface area (Å²) in [5.74, 6) is 0.630. The van der Waals surface area contributed by atoms with E-state index < -0.39 is 0 Å². The summed E-state index contributed by atoms with van der Waals surface area (Å²) in [5.41, 5.74) is 5.42. The van der Waals surface area contributed by atoms with Gasteiger partial charge in [0.2, 0.25) is 5.91 Å². The number of carbonyl (C=O) groups is 1. The van der Waals surface area contributed by atoms with Crippen LogP contribution >= 0.6 is 0 Å². The molecule has 0 bridgehead atoms. The molecule has 2 N–H and O–H groups in total. The first-order chi connectivity index (χ1) is 11.3. The molecule has 0 aliphatic heterocycles. The van der Waals surface area contributed by atoms with Crippen molar-refractivity contribution in [2.45, 2.75) is 6.42 Å². The van der Waals surface area contributed by atoms with Crippen LogP contribution in [0.15, 0.2) is 59.8 Å². The first-order valence-corrected chi connectivity index (χ1v) is 7.27. The van der Waals surface area contributed by atoms with Crippen LogP contribution in [-0.2, 0) is 11.2 Å². The number of carbonyl (C=O) groups excluding carboxylic acids is 1. The summed E-state index contributed by atoms with van der Waals surface area (Å²) in [4.78, 5) is 15.1. The minimum atomic E-state index is -0.153. The molecule has 0 unspecified atom stereocenters. The van der Waals surface area contributed by atoms with Crippen molar-refractivity contribution in [3.8, 4) is 5.75 Å². The van der Waals surface area contributed by atoms with Crippen molar-refractivity contribution >= 4 is 23.0 Å². The zero-order valence-electron chi connectivity index (χ0n) is 12.7. The number of H-pyrrole nitrogens is 1. The predicted octanol–water partition coefficient (Wildman–Crippen LogP) is 2.87. The number of hydrazone groups is 1. The van der Waals surface area contributed by atoms with Gasteiger partial charge < -0.3 is 9.72 Å². The average molecular weight is 307 g/mol. The quantitative estimate of drug-likeness (QED) is 0.562. The summed E-state index contributed by atoms with van der Waals surface area (Å²) in [7, 11) is 1.62. The summed E-state index contributed by atoms with van der Waals surface area (Å²) < 4.78 is 5.09. The third kappa shape index (κ3) is 3.58. The van der Waals surface area contributed by atoms with E-state index in [1.54, 1.807) is 13.3 Å². The number of benzene rings is 2. The number of nitrogens with zero attached hydrogens (tertiary/aromatic N) is 1. The van der Waals surface area contributed by atoms with Crippen molar-refractivity contribution in [3.63, 3.8) is 0 Å². The second-order valence-electron chi connectivity index (χ2n) is 5.10. The van der Waals surface area contributed by atoms with Crippen molar-refractivity contribution in [2.75, 3.05) is 7.11 Å². The third-order valence-corrected chi connectivity index (χ3v) is 3.54. The number of para-hydroxylation sites is 1. The van der Waals surface area contributed by atoms with Crippen LogP contribution in [0, 0.1) is 0 Å². The maximum atomic E-state index is 12.0. The zero-order chi connectivity index (χ0) is 16.1. The van der Waals surface area contributed by atoms with Crippen LogP contribution in [0.4, 0.5) is 0 Å². The van der Waals surface area contributed by atoms with Gasteiger partial charge in [0.15, 0.2) is 0 Å². The lowest BCUT2D eigenvalue weighted by Gasteiger charge is -2.00. The van der Waals surface area contributed by atoms with Crippen molar-refractivity contribution in [2.24, 2.45) is 5.10 Å². The van der Waals surface area contributed by atoms with Gasteiger partial charge in [0.05, 0.1) is 19.7 Å². The highest BCUT2D eigenvalue weighted by molar-refractivity contribution is 5.89. The molecule has 0 fully saturated rings. The maximum Gasteiger partial charge on any atom is 0.244 e. The van der Waals surface area contributed by atoms with Gasteiger partial charge in [-0.3, -0.25) is 4.79 Å². The van der Waals surface area contributed by atoms with E-state index in [4.69, 9.17) is 4.74 Å². The highest BCUT2D eigenvalue weighted by Crippen LogP contribution is 2.17. The van der Waals surface area contributed by atoms with Gasteiger partial charge in [0, 0.05) is 17.1 Å². The SMILES string of the molecule is COc1ccc(C=NNC(=O)Cc2c[nH]c3ccccc23)cc1. The molecule has 0 saturated carbocycles. The standard InChI is InChI=1S/C18H17N3O2/c1-23-15-8-6-13(7-9-15)11-20-21-18(22)10-14-12-19-17-5-3-2-4-16(14)17/h2-9,11-12,19H,10H2,1H3,(H,21,22).